The fraction of sp³-hybridized carbons (Fsp3) is 0.700. The van der Waals surface area contributed by atoms with E-state index in [0.717, 1.165) is 5.92 Å². The highest BCUT2D eigenvalue weighted by Gasteiger charge is 2.32. The first-order valence-electron chi connectivity index (χ1n) is 8.93. The molecule has 2 aliphatic rings. The summed E-state index contributed by atoms with van der Waals surface area (Å²) in [6, 6.07) is 8.89. The van der Waals surface area contributed by atoms with Crippen LogP contribution in [0.5, 0.6) is 0 Å². The van der Waals surface area contributed by atoms with E-state index in [1.54, 1.807) is 0 Å². The summed E-state index contributed by atoms with van der Waals surface area (Å²) in [6.45, 7) is 8.64. The van der Waals surface area contributed by atoms with Crippen molar-refractivity contribution in [3.63, 3.8) is 0 Å². The van der Waals surface area contributed by atoms with Crippen molar-refractivity contribution >= 4 is 0 Å². The molecule has 1 aromatic rings. The molecule has 22 heavy (non-hydrogen) atoms. The van der Waals surface area contributed by atoms with Gasteiger partial charge in [0, 0.05) is 5.56 Å². The highest BCUT2D eigenvalue weighted by Crippen LogP contribution is 2.45. The highest BCUT2D eigenvalue weighted by molar-refractivity contribution is 5.28. The molecule has 1 aliphatic carbocycles. The first-order valence-corrected chi connectivity index (χ1v) is 8.93. The summed E-state index contributed by atoms with van der Waals surface area (Å²) in [5.74, 6) is 1.60. The molecule has 3 rings (SSSR count). The van der Waals surface area contributed by atoms with Crippen LogP contribution in [0.1, 0.15) is 76.2 Å². The third-order valence-corrected chi connectivity index (χ3v) is 6.02. The van der Waals surface area contributed by atoms with Gasteiger partial charge in [-0.2, -0.15) is 0 Å². The molecule has 0 amide bonds. The van der Waals surface area contributed by atoms with Gasteiger partial charge in [-0.3, -0.25) is 0 Å². The Kier molecular flexibility index (Phi) is 4.89. The normalized spacial score (nSPS) is 27.2. The van der Waals surface area contributed by atoms with E-state index >= 15 is 0 Å². The van der Waals surface area contributed by atoms with Gasteiger partial charge in [-0.25, -0.2) is 0 Å². The van der Waals surface area contributed by atoms with Crippen molar-refractivity contribution in [3.05, 3.63) is 35.4 Å². The van der Waals surface area contributed by atoms with E-state index in [2.05, 4.69) is 45.0 Å². The van der Waals surface area contributed by atoms with Crippen LogP contribution in [-0.4, -0.2) is 13.2 Å². The molecule has 0 aromatic heterocycles. The van der Waals surface area contributed by atoms with E-state index < -0.39 is 0 Å². The minimum atomic E-state index is -0.143. The van der Waals surface area contributed by atoms with E-state index in [1.807, 2.05) is 0 Å². The molecule has 1 aromatic carbocycles. The van der Waals surface area contributed by atoms with Crippen molar-refractivity contribution in [2.24, 2.45) is 11.3 Å². The summed E-state index contributed by atoms with van der Waals surface area (Å²) in [5, 5.41) is 0. The predicted molar refractivity (Wildman–Crippen MR) is 89.9 cm³/mol. The number of rotatable bonds is 4. The van der Waals surface area contributed by atoms with Gasteiger partial charge >= 0.3 is 0 Å². The highest BCUT2D eigenvalue weighted by atomic mass is 16.7. The average Bonchev–Trinajstić information content (AvgIpc) is 3.10. The zero-order chi connectivity index (χ0) is 15.6. The third-order valence-electron chi connectivity index (χ3n) is 6.02. The summed E-state index contributed by atoms with van der Waals surface area (Å²) < 4.78 is 11.3. The van der Waals surface area contributed by atoms with Crippen molar-refractivity contribution in [2.75, 3.05) is 13.2 Å². The minimum Gasteiger partial charge on any atom is -0.346 e. The standard InChI is InChI=1S/C20H30O2/c1-4-20(2,3)18-10-8-15(9-11-18)16-6-5-7-17(14-16)19-21-12-13-22-19/h5-7,14-15,18-19H,4,8-13H2,1-3H3. The van der Waals surface area contributed by atoms with Gasteiger partial charge in [-0.1, -0.05) is 51.5 Å². The van der Waals surface area contributed by atoms with Crippen molar-refractivity contribution < 1.29 is 9.47 Å². The Morgan fingerprint density at radius 2 is 1.64 bits per heavy atom. The van der Waals surface area contributed by atoms with Crippen LogP contribution in [0.4, 0.5) is 0 Å². The molecule has 0 spiro atoms. The largest absolute Gasteiger partial charge is 0.346 e. The van der Waals surface area contributed by atoms with Crippen LogP contribution in [0.2, 0.25) is 0 Å². The lowest BCUT2D eigenvalue weighted by Crippen LogP contribution is -2.27. The Hall–Kier alpha value is -0.860. The molecule has 1 saturated carbocycles. The Morgan fingerprint density at radius 3 is 2.27 bits per heavy atom. The van der Waals surface area contributed by atoms with Crippen molar-refractivity contribution in [3.8, 4) is 0 Å². The van der Waals surface area contributed by atoms with Gasteiger partial charge in [0.1, 0.15) is 0 Å². The molecular weight excluding hydrogens is 272 g/mol. The van der Waals surface area contributed by atoms with Crippen LogP contribution >= 0.6 is 0 Å². The topological polar surface area (TPSA) is 18.5 Å². The predicted octanol–water partition coefficient (Wildman–Crippen LogP) is 5.44. The van der Waals surface area contributed by atoms with Crippen molar-refractivity contribution in [1.29, 1.82) is 0 Å². The van der Waals surface area contributed by atoms with Crippen molar-refractivity contribution in [2.45, 2.75) is 65.1 Å². The van der Waals surface area contributed by atoms with E-state index in [9.17, 15) is 0 Å². The molecule has 1 aliphatic heterocycles. The monoisotopic (exact) mass is 302 g/mol. The van der Waals surface area contributed by atoms with Gasteiger partial charge in [-0.05, 0) is 48.5 Å². The Labute approximate surface area is 135 Å². The first kappa shape index (κ1) is 16.0. The van der Waals surface area contributed by atoms with E-state index in [-0.39, 0.29) is 6.29 Å². The summed E-state index contributed by atoms with van der Waals surface area (Å²) in [4.78, 5) is 0. The second-order valence-corrected chi connectivity index (χ2v) is 7.63. The Bertz CT molecular complexity index is 480. The van der Waals surface area contributed by atoms with Gasteiger partial charge < -0.3 is 9.47 Å². The van der Waals surface area contributed by atoms with Crippen molar-refractivity contribution in [1.82, 2.24) is 0 Å². The quantitative estimate of drug-likeness (QED) is 0.737. The molecule has 0 atom stereocenters. The SMILES string of the molecule is CCC(C)(C)C1CCC(c2cccc(C3OCCO3)c2)CC1. The zero-order valence-electron chi connectivity index (χ0n) is 14.3. The zero-order valence-corrected chi connectivity index (χ0v) is 14.3. The second-order valence-electron chi connectivity index (χ2n) is 7.63. The van der Waals surface area contributed by atoms with Gasteiger partial charge in [0.2, 0.25) is 0 Å². The molecule has 2 nitrogen and oxygen atoms in total. The van der Waals surface area contributed by atoms with Gasteiger partial charge in [-0.15, -0.1) is 0 Å². The Balaban J connectivity index is 1.65. The summed E-state index contributed by atoms with van der Waals surface area (Å²) in [5.41, 5.74) is 3.16. The molecular formula is C20H30O2. The smallest absolute Gasteiger partial charge is 0.184 e. The lowest BCUT2D eigenvalue weighted by Gasteiger charge is -2.39. The Morgan fingerprint density at radius 1 is 1.00 bits per heavy atom. The molecule has 0 radical (unpaired) electrons. The number of hydrogen-bond acceptors (Lipinski definition) is 2. The summed E-state index contributed by atoms with van der Waals surface area (Å²) in [7, 11) is 0. The summed E-state index contributed by atoms with van der Waals surface area (Å²) in [6.07, 6.45) is 6.52. The molecule has 2 heteroatoms. The average molecular weight is 302 g/mol. The lowest BCUT2D eigenvalue weighted by molar-refractivity contribution is -0.0441. The molecule has 1 saturated heterocycles. The van der Waals surface area contributed by atoms with E-state index in [1.165, 1.54) is 43.2 Å². The van der Waals surface area contributed by atoms with Gasteiger partial charge in [0.05, 0.1) is 13.2 Å². The van der Waals surface area contributed by atoms with E-state index in [4.69, 9.17) is 9.47 Å². The van der Waals surface area contributed by atoms with Crippen LogP contribution in [0.3, 0.4) is 0 Å². The molecule has 122 valence electrons. The molecule has 0 unspecified atom stereocenters. The van der Waals surface area contributed by atoms with E-state index in [0.29, 0.717) is 24.5 Å². The fourth-order valence-corrected chi connectivity index (χ4v) is 4.01. The van der Waals surface area contributed by atoms with Crippen LogP contribution in [-0.2, 0) is 9.47 Å². The van der Waals surface area contributed by atoms with Crippen LogP contribution in [0.15, 0.2) is 24.3 Å². The molecule has 0 bridgehead atoms. The minimum absolute atomic E-state index is 0.143. The van der Waals surface area contributed by atoms with Gasteiger partial charge in [0.25, 0.3) is 0 Å². The maximum absolute atomic E-state index is 5.64. The third kappa shape index (κ3) is 3.38. The number of benzene rings is 1. The summed E-state index contributed by atoms with van der Waals surface area (Å²) >= 11 is 0. The van der Waals surface area contributed by atoms with Crippen LogP contribution < -0.4 is 0 Å². The van der Waals surface area contributed by atoms with Crippen LogP contribution in [0.25, 0.3) is 0 Å². The number of ether oxygens (including phenoxy) is 2. The lowest BCUT2D eigenvalue weighted by atomic mass is 9.66. The maximum atomic E-state index is 5.64. The fourth-order valence-electron chi connectivity index (χ4n) is 4.01. The number of hydrogen-bond donors (Lipinski definition) is 0. The van der Waals surface area contributed by atoms with Crippen LogP contribution in [0, 0.1) is 11.3 Å². The molecule has 2 fully saturated rings. The second kappa shape index (κ2) is 6.72. The maximum Gasteiger partial charge on any atom is 0.184 e. The molecule has 1 heterocycles. The first-order chi connectivity index (χ1) is 10.6. The molecule has 0 N–H and O–H groups in total. The van der Waals surface area contributed by atoms with Gasteiger partial charge in [0.15, 0.2) is 6.29 Å².